The van der Waals surface area contributed by atoms with E-state index in [1.165, 1.54) is 12.4 Å². The van der Waals surface area contributed by atoms with Gasteiger partial charge in [0, 0.05) is 16.8 Å². The summed E-state index contributed by atoms with van der Waals surface area (Å²) in [4.78, 5) is 0. The molecule has 0 aliphatic carbocycles. The van der Waals surface area contributed by atoms with Crippen molar-refractivity contribution in [3.05, 3.63) is 41.2 Å². The van der Waals surface area contributed by atoms with Crippen LogP contribution in [0.1, 0.15) is 12.1 Å². The normalized spacial score (nSPS) is 11.1. The first-order valence-electron chi connectivity index (χ1n) is 4.67. The molecule has 0 fully saturated rings. The molecule has 0 atom stereocenters. The van der Waals surface area contributed by atoms with Crippen molar-refractivity contribution in [2.45, 2.75) is 13.5 Å². The summed E-state index contributed by atoms with van der Waals surface area (Å²) in [5, 5.41) is 4.22. The Balaban J connectivity index is 2.42. The minimum atomic E-state index is -2.61. The zero-order valence-corrected chi connectivity index (χ0v) is 9.25. The van der Waals surface area contributed by atoms with Crippen LogP contribution < -0.4 is 0 Å². The molecule has 0 N–H and O–H groups in total. The molecule has 0 aliphatic heterocycles. The molecule has 2 rings (SSSR count). The van der Waals surface area contributed by atoms with E-state index in [0.29, 0.717) is 15.3 Å². The van der Waals surface area contributed by atoms with Gasteiger partial charge < -0.3 is 0 Å². The molecule has 16 heavy (non-hydrogen) atoms. The summed E-state index contributed by atoms with van der Waals surface area (Å²) in [6.45, 7) is -0.734. The van der Waals surface area contributed by atoms with Gasteiger partial charge in [0.2, 0.25) is 0 Å². The van der Waals surface area contributed by atoms with E-state index in [4.69, 9.17) is 11.6 Å². The second kappa shape index (κ2) is 4.22. The highest BCUT2D eigenvalue weighted by atomic mass is 35.5. The van der Waals surface area contributed by atoms with E-state index in [1.54, 1.807) is 18.2 Å². The van der Waals surface area contributed by atoms with Crippen LogP contribution in [-0.4, -0.2) is 9.78 Å². The summed E-state index contributed by atoms with van der Waals surface area (Å²) in [6.07, 6.45) is 2.74. The van der Waals surface area contributed by atoms with Crippen LogP contribution in [0.15, 0.2) is 30.6 Å². The average Bonchev–Trinajstić information content (AvgIpc) is 2.66. The van der Waals surface area contributed by atoms with Crippen molar-refractivity contribution in [3.8, 4) is 11.1 Å². The number of hydrogen-bond donors (Lipinski definition) is 0. The van der Waals surface area contributed by atoms with E-state index in [1.807, 2.05) is 6.92 Å². The molecule has 1 heterocycles. The van der Waals surface area contributed by atoms with Gasteiger partial charge in [-0.25, -0.2) is 4.68 Å². The quantitative estimate of drug-likeness (QED) is 0.781. The maximum Gasteiger partial charge on any atom is 0.333 e. The van der Waals surface area contributed by atoms with Gasteiger partial charge in [0.1, 0.15) is 0 Å². The van der Waals surface area contributed by atoms with Crippen LogP contribution in [0, 0.1) is 6.92 Å². The lowest BCUT2D eigenvalue weighted by Crippen LogP contribution is -1.96. The minimum Gasteiger partial charge on any atom is -0.211 e. The standard InChI is InChI=1S/C11H9ClF2N2/c1-7-4-9(12)2-3-10(7)8-5-15-16(6-8)11(13)14/h2-6,11H,1H3. The van der Waals surface area contributed by atoms with Crippen LogP contribution in [0.25, 0.3) is 11.1 Å². The number of hydrogen-bond acceptors (Lipinski definition) is 1. The topological polar surface area (TPSA) is 17.8 Å². The van der Waals surface area contributed by atoms with Gasteiger partial charge in [-0.2, -0.15) is 13.9 Å². The SMILES string of the molecule is Cc1cc(Cl)ccc1-c1cnn(C(F)F)c1. The lowest BCUT2D eigenvalue weighted by molar-refractivity contribution is 0.0566. The first-order valence-corrected chi connectivity index (χ1v) is 5.04. The molecule has 2 nitrogen and oxygen atoms in total. The van der Waals surface area contributed by atoms with Crippen molar-refractivity contribution in [1.82, 2.24) is 9.78 Å². The third-order valence-electron chi connectivity index (χ3n) is 2.30. The maximum atomic E-state index is 12.3. The predicted molar refractivity (Wildman–Crippen MR) is 58.7 cm³/mol. The van der Waals surface area contributed by atoms with Crippen molar-refractivity contribution in [1.29, 1.82) is 0 Å². The number of rotatable bonds is 2. The number of alkyl halides is 2. The molecule has 0 unspecified atom stereocenters. The van der Waals surface area contributed by atoms with Gasteiger partial charge >= 0.3 is 6.55 Å². The monoisotopic (exact) mass is 242 g/mol. The third kappa shape index (κ3) is 2.07. The molecule has 0 bridgehead atoms. The molecule has 0 saturated heterocycles. The van der Waals surface area contributed by atoms with E-state index in [9.17, 15) is 8.78 Å². The van der Waals surface area contributed by atoms with Crippen LogP contribution >= 0.6 is 11.6 Å². The molecule has 0 spiro atoms. The number of aryl methyl sites for hydroxylation is 1. The van der Waals surface area contributed by atoms with Crippen molar-refractivity contribution < 1.29 is 8.78 Å². The van der Waals surface area contributed by atoms with Crippen LogP contribution in [0.2, 0.25) is 5.02 Å². The Bertz CT molecular complexity index is 508. The molecule has 0 radical (unpaired) electrons. The lowest BCUT2D eigenvalue weighted by atomic mass is 10.0. The summed E-state index contributed by atoms with van der Waals surface area (Å²) in [7, 11) is 0. The van der Waals surface area contributed by atoms with Gasteiger partial charge in [0.25, 0.3) is 0 Å². The summed E-state index contributed by atoms with van der Waals surface area (Å²) in [5.41, 5.74) is 2.45. The molecular formula is C11H9ClF2N2. The van der Waals surface area contributed by atoms with E-state index >= 15 is 0 Å². The smallest absolute Gasteiger partial charge is 0.211 e. The predicted octanol–water partition coefficient (Wildman–Crippen LogP) is 3.91. The number of benzene rings is 1. The molecule has 0 aliphatic rings. The number of halogens is 3. The molecule has 0 saturated carbocycles. The molecule has 2 aromatic rings. The second-order valence-corrected chi connectivity index (χ2v) is 3.88. The van der Waals surface area contributed by atoms with Crippen LogP contribution in [0.3, 0.4) is 0 Å². The van der Waals surface area contributed by atoms with Gasteiger partial charge in [0.15, 0.2) is 0 Å². The first kappa shape index (κ1) is 11.1. The highest BCUT2D eigenvalue weighted by Crippen LogP contribution is 2.26. The Kier molecular flexibility index (Phi) is 2.92. The third-order valence-corrected chi connectivity index (χ3v) is 2.54. The Labute approximate surface area is 96.5 Å². The maximum absolute atomic E-state index is 12.3. The fourth-order valence-corrected chi connectivity index (χ4v) is 1.76. The van der Waals surface area contributed by atoms with Crippen molar-refractivity contribution >= 4 is 11.6 Å². The molecule has 5 heteroatoms. The number of aromatic nitrogens is 2. The van der Waals surface area contributed by atoms with Gasteiger partial charge in [-0.3, -0.25) is 0 Å². The van der Waals surface area contributed by atoms with Crippen LogP contribution in [0.4, 0.5) is 8.78 Å². The molecule has 1 aromatic heterocycles. The van der Waals surface area contributed by atoms with Crippen molar-refractivity contribution in [2.75, 3.05) is 0 Å². The Morgan fingerprint density at radius 2 is 2.12 bits per heavy atom. The summed E-state index contributed by atoms with van der Waals surface area (Å²) in [6, 6.07) is 5.31. The van der Waals surface area contributed by atoms with E-state index in [2.05, 4.69) is 5.10 Å². The summed E-state index contributed by atoms with van der Waals surface area (Å²) in [5.74, 6) is 0. The van der Waals surface area contributed by atoms with Gasteiger partial charge in [-0.15, -0.1) is 0 Å². The highest BCUT2D eigenvalue weighted by Gasteiger charge is 2.10. The highest BCUT2D eigenvalue weighted by molar-refractivity contribution is 6.30. The summed E-state index contributed by atoms with van der Waals surface area (Å²) < 4.78 is 25.3. The van der Waals surface area contributed by atoms with Gasteiger partial charge in [0.05, 0.1) is 6.20 Å². The molecule has 0 amide bonds. The van der Waals surface area contributed by atoms with Gasteiger partial charge in [-0.1, -0.05) is 17.7 Å². The summed E-state index contributed by atoms with van der Waals surface area (Å²) >= 11 is 5.82. The average molecular weight is 243 g/mol. The Morgan fingerprint density at radius 3 is 2.69 bits per heavy atom. The molecule has 84 valence electrons. The first-order chi connectivity index (χ1) is 7.58. The largest absolute Gasteiger partial charge is 0.333 e. The van der Waals surface area contributed by atoms with E-state index < -0.39 is 6.55 Å². The van der Waals surface area contributed by atoms with Gasteiger partial charge in [-0.05, 0) is 30.2 Å². The van der Waals surface area contributed by atoms with E-state index in [0.717, 1.165) is 11.1 Å². The Hall–Kier alpha value is -1.42. The Morgan fingerprint density at radius 1 is 1.38 bits per heavy atom. The fourth-order valence-electron chi connectivity index (χ4n) is 1.53. The second-order valence-electron chi connectivity index (χ2n) is 3.45. The molecular weight excluding hydrogens is 234 g/mol. The molecule has 1 aromatic carbocycles. The van der Waals surface area contributed by atoms with Crippen molar-refractivity contribution in [3.63, 3.8) is 0 Å². The van der Waals surface area contributed by atoms with Crippen molar-refractivity contribution in [2.24, 2.45) is 0 Å². The lowest BCUT2D eigenvalue weighted by Gasteiger charge is -2.03. The zero-order chi connectivity index (χ0) is 11.7. The van der Waals surface area contributed by atoms with E-state index in [-0.39, 0.29) is 0 Å². The number of nitrogens with zero attached hydrogens (tertiary/aromatic N) is 2. The van der Waals surface area contributed by atoms with Crippen LogP contribution in [0.5, 0.6) is 0 Å². The fraction of sp³-hybridized carbons (Fsp3) is 0.182. The van der Waals surface area contributed by atoms with Crippen LogP contribution in [-0.2, 0) is 0 Å². The zero-order valence-electron chi connectivity index (χ0n) is 8.49. The minimum absolute atomic E-state index is 0.627.